The number of hydrogen-bond donors (Lipinski definition) is 3. The number of nitrogens with zero attached hydrogens (tertiary/aromatic N) is 1. The number of guanidine groups is 1. The van der Waals surface area contributed by atoms with E-state index in [1.54, 1.807) is 0 Å². The van der Waals surface area contributed by atoms with Gasteiger partial charge in [0.15, 0.2) is 0 Å². The third-order valence-electron chi connectivity index (χ3n) is 1.40. The summed E-state index contributed by atoms with van der Waals surface area (Å²) < 4.78 is 12.6. The maximum Gasteiger partial charge on any atom is 0.318 e. The zero-order chi connectivity index (χ0) is 11.4. The number of rotatable bonds is 1. The average Bonchev–Trinajstić information content (AvgIpc) is 2.08. The van der Waals surface area contributed by atoms with Gasteiger partial charge >= 0.3 is 6.03 Å². The quantitative estimate of drug-likeness (QED) is 0.498. The van der Waals surface area contributed by atoms with Crippen molar-refractivity contribution in [1.29, 1.82) is 0 Å². The highest BCUT2D eigenvalue weighted by Crippen LogP contribution is 2.24. The van der Waals surface area contributed by atoms with Gasteiger partial charge in [0.25, 0.3) is 0 Å². The Labute approximate surface area is 89.9 Å². The number of hydrogen-bond acceptors (Lipinski definition) is 2. The fourth-order valence-corrected chi connectivity index (χ4v) is 1.07. The van der Waals surface area contributed by atoms with Crippen molar-refractivity contribution in [3.8, 4) is 0 Å². The lowest BCUT2D eigenvalue weighted by Gasteiger charge is -2.01. The van der Waals surface area contributed by atoms with Crippen LogP contribution in [0.25, 0.3) is 0 Å². The molecule has 0 heterocycles. The molecule has 0 unspecified atom stereocenters. The van der Waals surface area contributed by atoms with Crippen LogP contribution in [0.4, 0.5) is 14.9 Å². The molecule has 0 saturated heterocycles. The van der Waals surface area contributed by atoms with Crippen molar-refractivity contribution in [2.24, 2.45) is 16.5 Å². The zero-order valence-electron chi connectivity index (χ0n) is 7.50. The molecular formula is C8H8ClFN4O. The molecular weight excluding hydrogens is 223 g/mol. The summed E-state index contributed by atoms with van der Waals surface area (Å²) in [4.78, 5) is 14.1. The van der Waals surface area contributed by atoms with Gasteiger partial charge in [-0.15, -0.1) is 0 Å². The molecule has 0 radical (unpaired) electrons. The number of benzene rings is 1. The molecule has 0 spiro atoms. The molecule has 0 aliphatic heterocycles. The Morgan fingerprint density at radius 3 is 2.67 bits per heavy atom. The van der Waals surface area contributed by atoms with Gasteiger partial charge in [0.05, 0.1) is 10.7 Å². The van der Waals surface area contributed by atoms with Gasteiger partial charge < -0.3 is 11.5 Å². The highest BCUT2D eigenvalue weighted by molar-refractivity contribution is 6.33. The van der Waals surface area contributed by atoms with Gasteiger partial charge in [-0.2, -0.15) is 0 Å². The van der Waals surface area contributed by atoms with E-state index in [0.717, 1.165) is 6.07 Å². The average molecular weight is 231 g/mol. The van der Waals surface area contributed by atoms with Crippen LogP contribution in [0.1, 0.15) is 0 Å². The maximum absolute atomic E-state index is 12.6. The summed E-state index contributed by atoms with van der Waals surface area (Å²) in [5, 5.41) is 2.13. The fourth-order valence-electron chi connectivity index (χ4n) is 0.856. The molecule has 0 bridgehead atoms. The molecule has 0 saturated carbocycles. The van der Waals surface area contributed by atoms with Crippen molar-refractivity contribution < 1.29 is 9.18 Å². The van der Waals surface area contributed by atoms with Gasteiger partial charge in [-0.3, -0.25) is 5.32 Å². The van der Waals surface area contributed by atoms with Crippen LogP contribution < -0.4 is 16.8 Å². The largest absolute Gasteiger partial charge is 0.369 e. The third-order valence-corrected chi connectivity index (χ3v) is 1.70. The highest BCUT2D eigenvalue weighted by Gasteiger charge is 2.02. The first-order valence-corrected chi connectivity index (χ1v) is 4.22. The topological polar surface area (TPSA) is 93.5 Å². The van der Waals surface area contributed by atoms with E-state index < -0.39 is 11.8 Å². The number of nitrogens with one attached hydrogen (secondary N) is 1. The summed E-state index contributed by atoms with van der Waals surface area (Å²) >= 11 is 5.66. The van der Waals surface area contributed by atoms with Crippen LogP contribution in [0.5, 0.6) is 0 Å². The summed E-state index contributed by atoms with van der Waals surface area (Å²) in [7, 11) is 0. The normalized spacial score (nSPS) is 11.2. The zero-order valence-corrected chi connectivity index (χ0v) is 8.25. The first kappa shape index (κ1) is 11.3. The van der Waals surface area contributed by atoms with E-state index in [-0.39, 0.29) is 16.7 Å². The SMILES string of the molecule is NC(=O)NC(N)=Nc1ccc(F)cc1Cl. The lowest BCUT2D eigenvalue weighted by molar-refractivity contribution is 0.253. The number of halogens is 2. The number of carbonyl (C=O) groups is 1. The lowest BCUT2D eigenvalue weighted by atomic mass is 10.3. The van der Waals surface area contributed by atoms with E-state index in [0.29, 0.717) is 0 Å². The molecule has 2 amide bonds. The van der Waals surface area contributed by atoms with Gasteiger partial charge in [0.2, 0.25) is 5.96 Å². The van der Waals surface area contributed by atoms with Crippen LogP contribution >= 0.6 is 11.6 Å². The number of aliphatic imine (C=N–C) groups is 1. The van der Waals surface area contributed by atoms with E-state index in [9.17, 15) is 9.18 Å². The van der Waals surface area contributed by atoms with E-state index >= 15 is 0 Å². The monoisotopic (exact) mass is 230 g/mol. The molecule has 0 atom stereocenters. The number of amides is 2. The Morgan fingerprint density at radius 1 is 1.47 bits per heavy atom. The molecule has 5 N–H and O–H groups in total. The standard InChI is InChI=1S/C8H8ClFN4O/c9-5-3-4(10)1-2-6(5)13-7(11)14-8(12)15/h1-3H,(H5,11,12,13,14,15). The predicted molar refractivity (Wildman–Crippen MR) is 55.4 cm³/mol. The minimum atomic E-state index is -0.838. The Bertz CT molecular complexity index is 421. The van der Waals surface area contributed by atoms with Crippen molar-refractivity contribution >= 4 is 29.3 Å². The highest BCUT2D eigenvalue weighted by atomic mass is 35.5. The van der Waals surface area contributed by atoms with Crippen LogP contribution in [0.15, 0.2) is 23.2 Å². The molecule has 1 rings (SSSR count). The third kappa shape index (κ3) is 3.43. The van der Waals surface area contributed by atoms with Crippen molar-refractivity contribution in [3.05, 3.63) is 29.0 Å². The van der Waals surface area contributed by atoms with Crippen LogP contribution in [0, 0.1) is 5.82 Å². The van der Waals surface area contributed by atoms with Crippen molar-refractivity contribution in [2.75, 3.05) is 0 Å². The summed E-state index contributed by atoms with van der Waals surface area (Å²) in [6, 6.07) is 2.74. The van der Waals surface area contributed by atoms with Gasteiger partial charge in [-0.25, -0.2) is 14.2 Å². The number of carbonyl (C=O) groups excluding carboxylic acids is 1. The van der Waals surface area contributed by atoms with Gasteiger partial charge in [0.1, 0.15) is 5.82 Å². The smallest absolute Gasteiger partial charge is 0.318 e. The van der Waals surface area contributed by atoms with Crippen LogP contribution in [0.3, 0.4) is 0 Å². The number of nitrogens with two attached hydrogens (primary N) is 2. The van der Waals surface area contributed by atoms with Crippen LogP contribution in [-0.2, 0) is 0 Å². The van der Waals surface area contributed by atoms with E-state index in [4.69, 9.17) is 23.1 Å². The Morgan fingerprint density at radius 2 is 2.13 bits per heavy atom. The summed E-state index contributed by atoms with van der Waals surface area (Å²) in [5.41, 5.74) is 10.3. The van der Waals surface area contributed by atoms with Crippen molar-refractivity contribution in [2.45, 2.75) is 0 Å². The Hall–Kier alpha value is -1.82. The fraction of sp³-hybridized carbons (Fsp3) is 0. The number of urea groups is 1. The second kappa shape index (κ2) is 4.61. The van der Waals surface area contributed by atoms with Gasteiger partial charge in [-0.05, 0) is 18.2 Å². The second-order valence-electron chi connectivity index (χ2n) is 2.58. The van der Waals surface area contributed by atoms with Crippen LogP contribution in [-0.4, -0.2) is 12.0 Å². The van der Waals surface area contributed by atoms with Gasteiger partial charge in [0, 0.05) is 0 Å². The van der Waals surface area contributed by atoms with Crippen molar-refractivity contribution in [1.82, 2.24) is 5.32 Å². The molecule has 80 valence electrons. The van der Waals surface area contributed by atoms with Gasteiger partial charge in [-0.1, -0.05) is 11.6 Å². The minimum Gasteiger partial charge on any atom is -0.369 e. The molecule has 0 aliphatic carbocycles. The van der Waals surface area contributed by atoms with E-state index in [1.807, 2.05) is 5.32 Å². The Kier molecular flexibility index (Phi) is 3.46. The molecule has 5 nitrogen and oxygen atoms in total. The molecule has 1 aromatic rings. The maximum atomic E-state index is 12.6. The molecule has 1 aromatic carbocycles. The van der Waals surface area contributed by atoms with Crippen LogP contribution in [0.2, 0.25) is 5.02 Å². The first-order chi connectivity index (χ1) is 6.99. The molecule has 0 aliphatic rings. The minimum absolute atomic E-state index is 0.0872. The van der Waals surface area contributed by atoms with E-state index in [2.05, 4.69) is 4.99 Å². The molecule has 15 heavy (non-hydrogen) atoms. The predicted octanol–water partition coefficient (Wildman–Crippen LogP) is 1.09. The molecule has 7 heteroatoms. The lowest BCUT2D eigenvalue weighted by Crippen LogP contribution is -2.39. The summed E-state index contributed by atoms with van der Waals surface area (Å²) in [6.07, 6.45) is 0. The summed E-state index contributed by atoms with van der Waals surface area (Å²) in [6.45, 7) is 0. The molecule has 0 fully saturated rings. The number of primary amides is 1. The second-order valence-corrected chi connectivity index (χ2v) is 2.99. The first-order valence-electron chi connectivity index (χ1n) is 3.84. The Balaban J connectivity index is 2.92. The summed E-state index contributed by atoms with van der Waals surface area (Å²) in [5.74, 6) is -0.698. The van der Waals surface area contributed by atoms with Crippen molar-refractivity contribution in [3.63, 3.8) is 0 Å². The van der Waals surface area contributed by atoms with E-state index in [1.165, 1.54) is 12.1 Å². The molecule has 0 aromatic heterocycles.